The van der Waals surface area contributed by atoms with E-state index in [0.29, 0.717) is 4.47 Å². The molecule has 7 heteroatoms. The highest BCUT2D eigenvalue weighted by Gasteiger charge is 2.49. The van der Waals surface area contributed by atoms with Gasteiger partial charge in [-0.1, -0.05) is 28.1 Å². The molecule has 0 bridgehead atoms. The van der Waals surface area contributed by atoms with Crippen molar-refractivity contribution in [1.29, 1.82) is 0 Å². The van der Waals surface area contributed by atoms with Gasteiger partial charge < -0.3 is 4.55 Å². The summed E-state index contributed by atoms with van der Waals surface area (Å²) in [4.78, 5) is 0. The van der Waals surface area contributed by atoms with Crippen LogP contribution in [0.15, 0.2) is 28.7 Å². The van der Waals surface area contributed by atoms with E-state index in [1.165, 1.54) is 19.2 Å². The minimum atomic E-state index is -4.50. The molecule has 1 unspecified atom stereocenters. The summed E-state index contributed by atoms with van der Waals surface area (Å²) >= 11 is 1.43. The van der Waals surface area contributed by atoms with E-state index >= 15 is 0 Å². The molecular weight excluding hydrogens is 355 g/mol. The molecular formula is C13H17BrF3NOS. The second kappa shape index (κ2) is 6.25. The lowest BCUT2D eigenvalue weighted by Crippen LogP contribution is -2.46. The maximum Gasteiger partial charge on any atom is 0.412 e. The van der Waals surface area contributed by atoms with Crippen LogP contribution in [0.3, 0.4) is 0 Å². The molecule has 1 aromatic rings. The highest BCUT2D eigenvalue weighted by atomic mass is 79.9. The van der Waals surface area contributed by atoms with E-state index in [-0.39, 0.29) is 5.56 Å². The predicted octanol–water partition coefficient (Wildman–Crippen LogP) is 4.45. The summed E-state index contributed by atoms with van der Waals surface area (Å²) in [6.45, 7) is 4.94. The van der Waals surface area contributed by atoms with Gasteiger partial charge in [-0.05, 0) is 38.5 Å². The first kappa shape index (κ1) is 17.8. The number of benzene rings is 1. The van der Waals surface area contributed by atoms with Crippen molar-refractivity contribution in [3.63, 3.8) is 0 Å². The molecule has 0 aliphatic carbocycles. The summed E-state index contributed by atoms with van der Waals surface area (Å²) in [7, 11) is 1.24. The lowest BCUT2D eigenvalue weighted by atomic mass is 10.1. The Morgan fingerprint density at radius 2 is 1.60 bits per heavy atom. The van der Waals surface area contributed by atoms with Crippen molar-refractivity contribution in [2.24, 2.45) is 0 Å². The van der Waals surface area contributed by atoms with E-state index < -0.39 is 28.3 Å². The number of hydrogen-bond donors (Lipinski definition) is 0. The minimum Gasteiger partial charge on any atom is -0.597 e. The summed E-state index contributed by atoms with van der Waals surface area (Å²) in [6, 6.07) is 3.97. The van der Waals surface area contributed by atoms with Crippen LogP contribution in [0.25, 0.3) is 0 Å². The van der Waals surface area contributed by atoms with Gasteiger partial charge in [0, 0.05) is 22.9 Å². The van der Waals surface area contributed by atoms with Gasteiger partial charge in [0.25, 0.3) is 0 Å². The summed E-state index contributed by atoms with van der Waals surface area (Å²) in [5, 5.41) is 0. The summed E-state index contributed by atoms with van der Waals surface area (Å²) in [5.74, 6) is 0. The summed E-state index contributed by atoms with van der Waals surface area (Å²) in [5.41, 5.74) is 0.0702. The van der Waals surface area contributed by atoms with Crippen molar-refractivity contribution in [2.75, 3.05) is 7.05 Å². The summed E-state index contributed by atoms with van der Waals surface area (Å²) < 4.78 is 53.0. The summed E-state index contributed by atoms with van der Waals surface area (Å²) in [6.07, 6.45) is -4.50. The van der Waals surface area contributed by atoms with E-state index in [9.17, 15) is 17.7 Å². The van der Waals surface area contributed by atoms with E-state index in [1.54, 1.807) is 32.9 Å². The van der Waals surface area contributed by atoms with Crippen LogP contribution >= 0.6 is 15.9 Å². The Morgan fingerprint density at radius 3 is 1.95 bits per heavy atom. The molecule has 0 aromatic heterocycles. The second-order valence-corrected chi connectivity index (χ2v) is 8.62. The van der Waals surface area contributed by atoms with Gasteiger partial charge in [-0.2, -0.15) is 13.2 Å². The van der Waals surface area contributed by atoms with E-state index in [0.717, 1.165) is 4.31 Å². The van der Waals surface area contributed by atoms with Gasteiger partial charge in [0.15, 0.2) is 6.04 Å². The molecule has 0 aliphatic heterocycles. The van der Waals surface area contributed by atoms with Gasteiger partial charge in [0.05, 0.1) is 0 Å². The molecule has 2 atom stereocenters. The standard InChI is InChI=1S/C13H17BrF3NOS/c1-12(2,3)20(19)18(4)11(13(15,16)17)9-5-7-10(14)8-6-9/h5-8,11H,1-4H3/t11-,20?/m1/s1. The fourth-order valence-electron chi connectivity index (χ4n) is 1.78. The van der Waals surface area contributed by atoms with Crippen LogP contribution in [0.2, 0.25) is 0 Å². The van der Waals surface area contributed by atoms with Crippen molar-refractivity contribution < 1.29 is 17.7 Å². The number of hydrogen-bond acceptors (Lipinski definition) is 2. The van der Waals surface area contributed by atoms with Crippen molar-refractivity contribution in [1.82, 2.24) is 4.31 Å². The zero-order valence-electron chi connectivity index (χ0n) is 11.7. The number of rotatable bonds is 3. The molecule has 2 nitrogen and oxygen atoms in total. The quantitative estimate of drug-likeness (QED) is 0.733. The van der Waals surface area contributed by atoms with Crippen LogP contribution in [0.1, 0.15) is 32.4 Å². The molecule has 114 valence electrons. The molecule has 0 fully saturated rings. The van der Waals surface area contributed by atoms with E-state index in [2.05, 4.69) is 15.9 Å². The fourth-order valence-corrected chi connectivity index (χ4v) is 3.34. The molecule has 0 N–H and O–H groups in total. The zero-order valence-corrected chi connectivity index (χ0v) is 14.1. The van der Waals surface area contributed by atoms with Crippen molar-refractivity contribution in [3.8, 4) is 0 Å². The first-order valence-electron chi connectivity index (χ1n) is 5.91. The van der Waals surface area contributed by atoms with Crippen LogP contribution in [-0.2, 0) is 11.4 Å². The molecule has 20 heavy (non-hydrogen) atoms. The van der Waals surface area contributed by atoms with Gasteiger partial charge >= 0.3 is 6.18 Å². The van der Waals surface area contributed by atoms with Gasteiger partial charge in [0.2, 0.25) is 0 Å². The lowest BCUT2D eigenvalue weighted by molar-refractivity contribution is -0.171. The normalized spacial score (nSPS) is 16.3. The Morgan fingerprint density at radius 1 is 1.15 bits per heavy atom. The Labute approximate surface area is 128 Å². The predicted molar refractivity (Wildman–Crippen MR) is 78.6 cm³/mol. The SMILES string of the molecule is CN([C@H](c1ccc(Br)cc1)C(F)(F)F)[S+]([O-])C(C)(C)C. The third kappa shape index (κ3) is 4.38. The van der Waals surface area contributed by atoms with Crippen molar-refractivity contribution >= 4 is 27.3 Å². The van der Waals surface area contributed by atoms with Gasteiger partial charge in [-0.3, -0.25) is 0 Å². The van der Waals surface area contributed by atoms with E-state index in [1.807, 2.05) is 0 Å². The first-order valence-corrected chi connectivity index (χ1v) is 7.81. The Kier molecular flexibility index (Phi) is 5.57. The number of alkyl halides is 3. The van der Waals surface area contributed by atoms with Crippen molar-refractivity contribution in [2.45, 2.75) is 37.7 Å². The Balaban J connectivity index is 3.17. The van der Waals surface area contributed by atoms with Crippen LogP contribution in [0, 0.1) is 0 Å². The molecule has 0 spiro atoms. The average Bonchev–Trinajstić information content (AvgIpc) is 2.28. The lowest BCUT2D eigenvalue weighted by Gasteiger charge is -2.35. The topological polar surface area (TPSA) is 26.3 Å². The molecule has 0 aliphatic rings. The molecule has 0 saturated carbocycles. The van der Waals surface area contributed by atoms with E-state index in [4.69, 9.17) is 0 Å². The molecule has 0 radical (unpaired) electrons. The highest BCUT2D eigenvalue weighted by Crippen LogP contribution is 2.40. The molecule has 1 rings (SSSR count). The average molecular weight is 372 g/mol. The highest BCUT2D eigenvalue weighted by molar-refractivity contribution is 9.10. The fraction of sp³-hybridized carbons (Fsp3) is 0.538. The maximum atomic E-state index is 13.3. The van der Waals surface area contributed by atoms with Crippen LogP contribution in [0.5, 0.6) is 0 Å². The zero-order chi connectivity index (χ0) is 15.7. The first-order chi connectivity index (χ1) is 8.94. The maximum absolute atomic E-state index is 13.3. The largest absolute Gasteiger partial charge is 0.597 e. The van der Waals surface area contributed by atoms with Crippen molar-refractivity contribution in [3.05, 3.63) is 34.3 Å². The third-order valence-corrected chi connectivity index (χ3v) is 4.96. The third-order valence-electron chi connectivity index (χ3n) is 2.64. The minimum absolute atomic E-state index is 0.0702. The molecule has 0 amide bonds. The van der Waals surface area contributed by atoms with Gasteiger partial charge in [-0.15, -0.1) is 4.31 Å². The second-order valence-electron chi connectivity index (χ2n) is 5.40. The molecule has 0 saturated heterocycles. The molecule has 0 heterocycles. The smallest absolute Gasteiger partial charge is 0.412 e. The van der Waals surface area contributed by atoms with Crippen LogP contribution in [-0.4, -0.2) is 26.8 Å². The monoisotopic (exact) mass is 371 g/mol. The molecule has 1 aromatic carbocycles. The number of nitrogens with zero attached hydrogens (tertiary/aromatic N) is 1. The Bertz CT molecular complexity index is 444. The van der Waals surface area contributed by atoms with Crippen LogP contribution in [0.4, 0.5) is 13.2 Å². The number of halogens is 4. The van der Waals surface area contributed by atoms with Crippen LogP contribution < -0.4 is 0 Å². The van der Waals surface area contributed by atoms with Gasteiger partial charge in [-0.25, -0.2) is 0 Å². The van der Waals surface area contributed by atoms with Gasteiger partial charge in [0.1, 0.15) is 4.75 Å². The Hall–Kier alpha value is -0.240.